The van der Waals surface area contributed by atoms with E-state index in [1.54, 1.807) is 6.07 Å². The molecule has 3 nitrogen and oxygen atoms in total. The predicted octanol–water partition coefficient (Wildman–Crippen LogP) is 3.55. The van der Waals surface area contributed by atoms with Crippen LogP contribution in [0.15, 0.2) is 24.3 Å². The molecular weight excluding hydrogens is 245 g/mol. The van der Waals surface area contributed by atoms with Gasteiger partial charge in [0.1, 0.15) is 5.82 Å². The molecule has 1 rings (SSSR count). The number of benzene rings is 1. The molecule has 0 fully saturated rings. The molecule has 0 radical (unpaired) electrons. The molecule has 0 atom stereocenters. The summed E-state index contributed by atoms with van der Waals surface area (Å²) < 4.78 is 13.3. The zero-order valence-electron chi connectivity index (χ0n) is 11.6. The van der Waals surface area contributed by atoms with Crippen LogP contribution in [0.4, 0.5) is 10.1 Å². The highest BCUT2D eigenvalue weighted by Crippen LogP contribution is 2.25. The van der Waals surface area contributed by atoms with Crippen molar-refractivity contribution in [2.75, 3.05) is 11.4 Å². The molecule has 4 heteroatoms. The maximum atomic E-state index is 13.3. The van der Waals surface area contributed by atoms with Crippen LogP contribution in [0.2, 0.25) is 0 Å². The summed E-state index contributed by atoms with van der Waals surface area (Å²) in [4.78, 5) is 12.7. The van der Waals surface area contributed by atoms with Crippen LogP contribution >= 0.6 is 0 Å². The molecule has 0 aromatic heterocycles. The molecule has 0 saturated heterocycles. The van der Waals surface area contributed by atoms with Gasteiger partial charge in [0.2, 0.25) is 0 Å². The first kappa shape index (κ1) is 15.2. The molecule has 0 bridgehead atoms. The highest BCUT2D eigenvalue weighted by Gasteiger charge is 2.13. The third-order valence-corrected chi connectivity index (χ3v) is 2.79. The third-order valence-electron chi connectivity index (χ3n) is 2.79. The summed E-state index contributed by atoms with van der Waals surface area (Å²) in [6, 6.07) is 4.73. The lowest BCUT2D eigenvalue weighted by atomic mass is 10.1. The number of carboxylic acid groups (broad SMARTS) is 1. The van der Waals surface area contributed by atoms with Gasteiger partial charge in [-0.25, -0.2) is 9.18 Å². The zero-order chi connectivity index (χ0) is 14.4. The number of hydrogen-bond acceptors (Lipinski definition) is 2. The number of hydrogen-bond donors (Lipinski definition) is 1. The maximum absolute atomic E-state index is 13.3. The molecule has 0 aliphatic rings. The fourth-order valence-electron chi connectivity index (χ4n) is 1.98. The van der Waals surface area contributed by atoms with Crippen molar-refractivity contribution in [1.82, 2.24) is 0 Å². The summed E-state index contributed by atoms with van der Waals surface area (Å²) >= 11 is 0. The van der Waals surface area contributed by atoms with Crippen molar-refractivity contribution in [3.63, 3.8) is 0 Å². The third kappa shape index (κ3) is 4.39. The molecule has 1 aromatic carbocycles. The molecule has 0 aliphatic carbocycles. The van der Waals surface area contributed by atoms with Crippen molar-refractivity contribution in [2.45, 2.75) is 33.2 Å². The molecule has 19 heavy (non-hydrogen) atoms. The standard InChI is InChI=1S/C15H20FNO2/c1-4-9-17(11(2)3)14-7-6-13(16)10-12(14)5-8-15(18)19/h5-8,10-11H,4,9H2,1-3H3,(H,18,19)/b8-5+. The molecule has 0 amide bonds. The fourth-order valence-corrected chi connectivity index (χ4v) is 1.98. The van der Waals surface area contributed by atoms with Gasteiger partial charge < -0.3 is 10.0 Å². The first-order chi connectivity index (χ1) is 8.95. The topological polar surface area (TPSA) is 40.5 Å². The highest BCUT2D eigenvalue weighted by atomic mass is 19.1. The smallest absolute Gasteiger partial charge is 0.328 e. The average Bonchev–Trinajstić information content (AvgIpc) is 2.34. The van der Waals surface area contributed by atoms with Gasteiger partial charge in [-0.15, -0.1) is 0 Å². The van der Waals surface area contributed by atoms with Crippen molar-refractivity contribution < 1.29 is 14.3 Å². The Balaban J connectivity index is 3.20. The summed E-state index contributed by atoms with van der Waals surface area (Å²) in [5.74, 6) is -1.41. The van der Waals surface area contributed by atoms with Crippen molar-refractivity contribution >= 4 is 17.7 Å². The van der Waals surface area contributed by atoms with Gasteiger partial charge in [-0.2, -0.15) is 0 Å². The number of anilines is 1. The first-order valence-corrected chi connectivity index (χ1v) is 6.43. The predicted molar refractivity (Wildman–Crippen MR) is 75.8 cm³/mol. The second-order valence-corrected chi connectivity index (χ2v) is 4.66. The lowest BCUT2D eigenvalue weighted by Gasteiger charge is -2.30. The van der Waals surface area contributed by atoms with Gasteiger partial charge in [0, 0.05) is 29.9 Å². The Bertz CT molecular complexity index is 469. The molecule has 0 aliphatic heterocycles. The van der Waals surface area contributed by atoms with Crippen LogP contribution in [0.1, 0.15) is 32.8 Å². The summed E-state index contributed by atoms with van der Waals surface area (Å²) in [6.07, 6.45) is 3.44. The zero-order valence-corrected chi connectivity index (χ0v) is 11.6. The molecule has 0 unspecified atom stereocenters. The maximum Gasteiger partial charge on any atom is 0.328 e. The minimum absolute atomic E-state index is 0.266. The Morgan fingerprint density at radius 2 is 2.16 bits per heavy atom. The minimum Gasteiger partial charge on any atom is -0.478 e. The number of halogens is 1. The van der Waals surface area contributed by atoms with Crippen LogP contribution in [0.25, 0.3) is 6.08 Å². The molecule has 0 spiro atoms. The molecule has 104 valence electrons. The Hall–Kier alpha value is -1.84. The summed E-state index contributed by atoms with van der Waals surface area (Å²) in [5, 5.41) is 8.69. The van der Waals surface area contributed by atoms with Gasteiger partial charge in [-0.1, -0.05) is 6.92 Å². The average molecular weight is 265 g/mol. The number of nitrogens with zero attached hydrogens (tertiary/aromatic N) is 1. The van der Waals surface area contributed by atoms with E-state index >= 15 is 0 Å². The Morgan fingerprint density at radius 1 is 1.47 bits per heavy atom. The Labute approximate surface area is 113 Å². The minimum atomic E-state index is -1.04. The fraction of sp³-hybridized carbons (Fsp3) is 0.400. The van der Waals surface area contributed by atoms with E-state index in [4.69, 9.17) is 5.11 Å². The van der Waals surface area contributed by atoms with Gasteiger partial charge >= 0.3 is 5.97 Å². The second-order valence-electron chi connectivity index (χ2n) is 4.66. The molecule has 0 heterocycles. The molecule has 0 saturated carbocycles. The van der Waals surface area contributed by atoms with Gasteiger partial charge in [-0.3, -0.25) is 0 Å². The van der Waals surface area contributed by atoms with Gasteiger partial charge in [0.05, 0.1) is 0 Å². The number of carboxylic acids is 1. The van der Waals surface area contributed by atoms with E-state index < -0.39 is 5.97 Å². The lowest BCUT2D eigenvalue weighted by Crippen LogP contribution is -2.32. The largest absolute Gasteiger partial charge is 0.478 e. The van der Waals surface area contributed by atoms with E-state index in [9.17, 15) is 9.18 Å². The number of carbonyl (C=O) groups is 1. The van der Waals surface area contributed by atoms with Crippen LogP contribution in [-0.4, -0.2) is 23.7 Å². The van der Waals surface area contributed by atoms with E-state index in [2.05, 4.69) is 25.7 Å². The number of aliphatic carboxylic acids is 1. The van der Waals surface area contributed by atoms with E-state index in [0.29, 0.717) is 5.56 Å². The molecule has 1 N–H and O–H groups in total. The second kappa shape index (κ2) is 6.92. The normalized spacial score (nSPS) is 11.2. The van der Waals surface area contributed by atoms with Crippen LogP contribution in [0.3, 0.4) is 0 Å². The van der Waals surface area contributed by atoms with E-state index in [0.717, 1.165) is 24.7 Å². The van der Waals surface area contributed by atoms with Crippen LogP contribution in [0.5, 0.6) is 0 Å². The SMILES string of the molecule is CCCN(c1ccc(F)cc1/C=C/C(=O)O)C(C)C. The van der Waals surface area contributed by atoms with Crippen LogP contribution in [0, 0.1) is 5.82 Å². The first-order valence-electron chi connectivity index (χ1n) is 6.43. The number of rotatable bonds is 6. The summed E-state index contributed by atoms with van der Waals surface area (Å²) in [6.45, 7) is 7.04. The van der Waals surface area contributed by atoms with Crippen LogP contribution < -0.4 is 4.90 Å². The van der Waals surface area contributed by atoms with Crippen molar-refractivity contribution in [1.29, 1.82) is 0 Å². The molecular formula is C15H20FNO2. The van der Waals surface area contributed by atoms with E-state index in [1.807, 2.05) is 0 Å². The summed E-state index contributed by atoms with van der Waals surface area (Å²) in [5.41, 5.74) is 1.44. The summed E-state index contributed by atoms with van der Waals surface area (Å²) in [7, 11) is 0. The van der Waals surface area contributed by atoms with Gasteiger partial charge in [0.25, 0.3) is 0 Å². The van der Waals surface area contributed by atoms with E-state index in [-0.39, 0.29) is 11.9 Å². The van der Waals surface area contributed by atoms with E-state index in [1.165, 1.54) is 18.2 Å². The highest BCUT2D eigenvalue weighted by molar-refractivity contribution is 5.87. The van der Waals surface area contributed by atoms with Gasteiger partial charge in [-0.05, 0) is 44.5 Å². The van der Waals surface area contributed by atoms with Crippen molar-refractivity contribution in [3.8, 4) is 0 Å². The Kier molecular flexibility index (Phi) is 5.55. The monoisotopic (exact) mass is 265 g/mol. The van der Waals surface area contributed by atoms with Crippen molar-refractivity contribution in [2.24, 2.45) is 0 Å². The van der Waals surface area contributed by atoms with Crippen LogP contribution in [-0.2, 0) is 4.79 Å². The van der Waals surface area contributed by atoms with Crippen molar-refractivity contribution in [3.05, 3.63) is 35.7 Å². The Morgan fingerprint density at radius 3 is 2.68 bits per heavy atom. The molecule has 1 aromatic rings. The quantitative estimate of drug-likeness (QED) is 0.800. The van der Waals surface area contributed by atoms with Gasteiger partial charge in [0.15, 0.2) is 0 Å². The lowest BCUT2D eigenvalue weighted by molar-refractivity contribution is -0.131.